The largest absolute Gasteiger partial charge is 0.480 e. The second kappa shape index (κ2) is 5.35. The van der Waals surface area contributed by atoms with Gasteiger partial charge >= 0.3 is 0 Å². The fraction of sp³-hybridized carbons (Fsp3) is 0.643. The molecule has 3 heterocycles. The molecule has 3 rings (SSSR count). The standard InChI is InChI=1S/C14H21N3O2S/c1-14(2)8-10(4-6-19-14)15-9-11-12(18-3)16-13-17(11)5-7-20-13/h5,7,10,15H,4,6,8-9H2,1-3H3. The number of aromatic nitrogens is 2. The summed E-state index contributed by atoms with van der Waals surface area (Å²) >= 11 is 1.62. The third-order valence-corrected chi connectivity index (χ3v) is 4.53. The Bertz CT molecular complexity index is 590. The van der Waals surface area contributed by atoms with E-state index in [1.54, 1.807) is 18.4 Å². The normalized spacial score (nSPS) is 22.2. The van der Waals surface area contributed by atoms with Gasteiger partial charge in [0.25, 0.3) is 0 Å². The van der Waals surface area contributed by atoms with Gasteiger partial charge in [-0.2, -0.15) is 4.98 Å². The van der Waals surface area contributed by atoms with Crippen LogP contribution in [0.2, 0.25) is 0 Å². The van der Waals surface area contributed by atoms with E-state index in [1.807, 2.05) is 11.6 Å². The molecule has 1 atom stereocenters. The lowest BCUT2D eigenvalue weighted by molar-refractivity contribution is -0.0631. The first-order valence-electron chi connectivity index (χ1n) is 6.95. The van der Waals surface area contributed by atoms with E-state index in [-0.39, 0.29) is 5.60 Å². The van der Waals surface area contributed by atoms with Crippen LogP contribution in [0.3, 0.4) is 0 Å². The predicted molar refractivity (Wildman–Crippen MR) is 79.5 cm³/mol. The van der Waals surface area contributed by atoms with Gasteiger partial charge in [0.2, 0.25) is 5.88 Å². The summed E-state index contributed by atoms with van der Waals surface area (Å²) < 4.78 is 13.2. The van der Waals surface area contributed by atoms with E-state index in [9.17, 15) is 0 Å². The number of fused-ring (bicyclic) bond motifs is 1. The van der Waals surface area contributed by atoms with Crippen LogP contribution in [0.15, 0.2) is 11.6 Å². The molecule has 0 saturated carbocycles. The summed E-state index contributed by atoms with van der Waals surface area (Å²) in [6.45, 7) is 5.89. The van der Waals surface area contributed by atoms with Crippen molar-refractivity contribution in [1.82, 2.24) is 14.7 Å². The Morgan fingerprint density at radius 1 is 1.60 bits per heavy atom. The average Bonchev–Trinajstić information content (AvgIpc) is 2.95. The van der Waals surface area contributed by atoms with Gasteiger partial charge in [-0.3, -0.25) is 4.40 Å². The fourth-order valence-electron chi connectivity index (χ4n) is 2.78. The van der Waals surface area contributed by atoms with E-state index < -0.39 is 0 Å². The maximum absolute atomic E-state index is 5.75. The number of imidazole rings is 1. The predicted octanol–water partition coefficient (Wildman–Crippen LogP) is 2.45. The second-order valence-electron chi connectivity index (χ2n) is 5.80. The first-order valence-corrected chi connectivity index (χ1v) is 7.83. The lowest BCUT2D eigenvalue weighted by atomic mass is 9.94. The average molecular weight is 295 g/mol. The molecular formula is C14H21N3O2S. The van der Waals surface area contributed by atoms with Gasteiger partial charge in [0.05, 0.1) is 12.7 Å². The van der Waals surface area contributed by atoms with Crippen LogP contribution < -0.4 is 10.1 Å². The highest BCUT2D eigenvalue weighted by atomic mass is 32.1. The topological polar surface area (TPSA) is 47.8 Å². The van der Waals surface area contributed by atoms with Crippen LogP contribution in [-0.4, -0.2) is 34.7 Å². The number of ether oxygens (including phenoxy) is 2. The molecular weight excluding hydrogens is 274 g/mol. The van der Waals surface area contributed by atoms with Crippen LogP contribution in [0.25, 0.3) is 4.96 Å². The lowest BCUT2D eigenvalue weighted by Gasteiger charge is -2.35. The second-order valence-corrected chi connectivity index (χ2v) is 6.68. The van der Waals surface area contributed by atoms with E-state index in [0.29, 0.717) is 6.04 Å². The van der Waals surface area contributed by atoms with Crippen LogP contribution in [0, 0.1) is 0 Å². The molecule has 0 spiro atoms. The minimum Gasteiger partial charge on any atom is -0.480 e. The van der Waals surface area contributed by atoms with Crippen LogP contribution in [0.5, 0.6) is 5.88 Å². The van der Waals surface area contributed by atoms with Crippen LogP contribution in [0.4, 0.5) is 0 Å². The van der Waals surface area contributed by atoms with Crippen molar-refractivity contribution < 1.29 is 9.47 Å². The lowest BCUT2D eigenvalue weighted by Crippen LogP contribution is -2.43. The molecule has 1 fully saturated rings. The van der Waals surface area contributed by atoms with Crippen molar-refractivity contribution >= 4 is 16.3 Å². The van der Waals surface area contributed by atoms with E-state index in [1.165, 1.54) is 0 Å². The Hall–Kier alpha value is -1.11. The molecule has 0 aliphatic carbocycles. The summed E-state index contributed by atoms with van der Waals surface area (Å²) in [5.41, 5.74) is 1.06. The number of nitrogens with zero attached hydrogens (tertiary/aromatic N) is 2. The molecule has 6 heteroatoms. The van der Waals surface area contributed by atoms with Gasteiger partial charge in [0, 0.05) is 30.8 Å². The van der Waals surface area contributed by atoms with Gasteiger partial charge in [0.1, 0.15) is 5.69 Å². The maximum Gasteiger partial charge on any atom is 0.237 e. The number of nitrogens with one attached hydrogen (secondary N) is 1. The maximum atomic E-state index is 5.75. The molecule has 0 radical (unpaired) electrons. The zero-order valence-electron chi connectivity index (χ0n) is 12.2. The van der Waals surface area contributed by atoms with Gasteiger partial charge in [-0.15, -0.1) is 11.3 Å². The van der Waals surface area contributed by atoms with Crippen molar-refractivity contribution in [3.8, 4) is 5.88 Å². The first-order chi connectivity index (χ1) is 9.59. The van der Waals surface area contributed by atoms with Crippen molar-refractivity contribution in [3.05, 3.63) is 17.3 Å². The summed E-state index contributed by atoms with van der Waals surface area (Å²) in [6, 6.07) is 0.479. The Morgan fingerprint density at radius 2 is 2.45 bits per heavy atom. The van der Waals surface area contributed by atoms with Crippen LogP contribution in [0.1, 0.15) is 32.4 Å². The first kappa shape index (κ1) is 13.9. The van der Waals surface area contributed by atoms with E-state index in [4.69, 9.17) is 9.47 Å². The molecule has 1 aliphatic heterocycles. The summed E-state index contributed by atoms with van der Waals surface area (Å²) in [5, 5.41) is 5.66. The molecule has 20 heavy (non-hydrogen) atoms. The Morgan fingerprint density at radius 3 is 3.20 bits per heavy atom. The van der Waals surface area contributed by atoms with Crippen LogP contribution >= 0.6 is 11.3 Å². The highest BCUT2D eigenvalue weighted by molar-refractivity contribution is 7.15. The minimum atomic E-state index is -0.0326. The minimum absolute atomic E-state index is 0.0326. The molecule has 1 N–H and O–H groups in total. The Kier molecular flexibility index (Phi) is 3.70. The quantitative estimate of drug-likeness (QED) is 0.941. The van der Waals surface area contributed by atoms with Gasteiger partial charge in [-0.1, -0.05) is 0 Å². The van der Waals surface area contributed by atoms with Crippen molar-refractivity contribution in [2.45, 2.75) is 44.9 Å². The summed E-state index contributed by atoms with van der Waals surface area (Å²) in [4.78, 5) is 5.46. The fourth-order valence-corrected chi connectivity index (χ4v) is 3.51. The number of thiazole rings is 1. The molecule has 0 bridgehead atoms. The number of rotatable bonds is 4. The van der Waals surface area contributed by atoms with Gasteiger partial charge < -0.3 is 14.8 Å². The van der Waals surface area contributed by atoms with E-state index in [2.05, 4.69) is 28.5 Å². The molecule has 1 unspecified atom stereocenters. The highest BCUT2D eigenvalue weighted by Gasteiger charge is 2.28. The smallest absolute Gasteiger partial charge is 0.237 e. The van der Waals surface area contributed by atoms with Crippen molar-refractivity contribution in [3.63, 3.8) is 0 Å². The third-order valence-electron chi connectivity index (χ3n) is 3.77. The summed E-state index contributed by atoms with van der Waals surface area (Å²) in [6.07, 6.45) is 4.12. The van der Waals surface area contributed by atoms with Crippen molar-refractivity contribution in [1.29, 1.82) is 0 Å². The van der Waals surface area contributed by atoms with Gasteiger partial charge in [0.15, 0.2) is 4.96 Å². The zero-order chi connectivity index (χ0) is 14.2. The molecule has 0 aromatic carbocycles. The molecule has 1 aliphatic rings. The third kappa shape index (κ3) is 2.68. The Balaban J connectivity index is 1.71. The number of hydrogen-bond donors (Lipinski definition) is 1. The molecule has 110 valence electrons. The SMILES string of the molecule is COc1nc2sccn2c1CNC1CCOC(C)(C)C1. The molecule has 0 amide bonds. The van der Waals surface area contributed by atoms with E-state index >= 15 is 0 Å². The molecule has 2 aromatic heterocycles. The van der Waals surface area contributed by atoms with Gasteiger partial charge in [-0.05, 0) is 26.7 Å². The monoisotopic (exact) mass is 295 g/mol. The van der Waals surface area contributed by atoms with Gasteiger partial charge in [-0.25, -0.2) is 0 Å². The molecule has 5 nitrogen and oxygen atoms in total. The molecule has 1 saturated heterocycles. The van der Waals surface area contributed by atoms with Crippen LogP contribution in [-0.2, 0) is 11.3 Å². The number of hydrogen-bond acceptors (Lipinski definition) is 5. The number of methoxy groups -OCH3 is 1. The Labute approximate surface area is 122 Å². The molecule has 2 aromatic rings. The highest BCUT2D eigenvalue weighted by Crippen LogP contribution is 2.26. The summed E-state index contributed by atoms with van der Waals surface area (Å²) in [5.74, 6) is 0.718. The van der Waals surface area contributed by atoms with Crippen molar-refractivity contribution in [2.75, 3.05) is 13.7 Å². The van der Waals surface area contributed by atoms with Crippen molar-refractivity contribution in [2.24, 2.45) is 0 Å². The summed E-state index contributed by atoms with van der Waals surface area (Å²) in [7, 11) is 1.67. The zero-order valence-corrected chi connectivity index (χ0v) is 13.0. The van der Waals surface area contributed by atoms with E-state index in [0.717, 1.165) is 42.5 Å².